The lowest BCUT2D eigenvalue weighted by atomic mass is 10.4. The fourth-order valence-electron chi connectivity index (χ4n) is 1.40. The summed E-state index contributed by atoms with van der Waals surface area (Å²) in [7, 11) is 0. The first-order valence-corrected chi connectivity index (χ1v) is 5.50. The normalized spacial score (nSPS) is 21.1. The molecule has 0 bridgehead atoms. The topological polar surface area (TPSA) is 46.1 Å². The van der Waals surface area contributed by atoms with Crippen LogP contribution >= 0.6 is 27.5 Å². The molecule has 1 atom stereocenters. The highest BCUT2D eigenvalue weighted by atomic mass is 79.9. The fourth-order valence-corrected chi connectivity index (χ4v) is 2.09. The zero-order valence-electron chi connectivity index (χ0n) is 7.45. The lowest BCUT2D eigenvalue weighted by molar-refractivity contribution is -0.117. The Morgan fingerprint density at radius 1 is 1.67 bits per heavy atom. The van der Waals surface area contributed by atoms with E-state index in [0.717, 1.165) is 6.20 Å². The van der Waals surface area contributed by atoms with E-state index in [4.69, 9.17) is 11.6 Å². The van der Waals surface area contributed by atoms with Crippen LogP contribution in [0.5, 0.6) is 0 Å². The number of carbonyl (C=O) groups is 1. The van der Waals surface area contributed by atoms with E-state index >= 15 is 0 Å². The van der Waals surface area contributed by atoms with Crippen molar-refractivity contribution >= 4 is 39.3 Å². The standard InChI is InChI=1S/C8H6BrClFN3O/c9-4-1-6(15)14(3-4)7-5(11)2-12-8(10)13-7/h2,4H,1,3H2. The molecular formula is C8H6BrClFN3O. The summed E-state index contributed by atoms with van der Waals surface area (Å²) in [6, 6.07) is 0. The quantitative estimate of drug-likeness (QED) is 0.586. The summed E-state index contributed by atoms with van der Waals surface area (Å²) < 4.78 is 13.3. The first kappa shape index (κ1) is 10.8. The number of nitrogens with zero attached hydrogens (tertiary/aromatic N) is 3. The molecule has 1 aromatic heterocycles. The average Bonchev–Trinajstić information content (AvgIpc) is 2.50. The number of hydrogen-bond acceptors (Lipinski definition) is 3. The summed E-state index contributed by atoms with van der Waals surface area (Å²) in [5.41, 5.74) is 0. The number of amides is 1. The Kier molecular flexibility index (Phi) is 2.88. The van der Waals surface area contributed by atoms with Crippen molar-refractivity contribution in [2.24, 2.45) is 0 Å². The molecular weight excluding hydrogens is 288 g/mol. The minimum Gasteiger partial charge on any atom is -0.293 e. The van der Waals surface area contributed by atoms with E-state index in [1.807, 2.05) is 0 Å². The van der Waals surface area contributed by atoms with Crippen LogP contribution in [-0.2, 0) is 4.79 Å². The number of aromatic nitrogens is 2. The third-order valence-electron chi connectivity index (χ3n) is 2.03. The molecule has 4 nitrogen and oxygen atoms in total. The minimum absolute atomic E-state index is 0.0261. The molecule has 2 rings (SSSR count). The smallest absolute Gasteiger partial charge is 0.229 e. The summed E-state index contributed by atoms with van der Waals surface area (Å²) in [5.74, 6) is -0.873. The van der Waals surface area contributed by atoms with Crippen molar-refractivity contribution in [3.05, 3.63) is 17.3 Å². The Morgan fingerprint density at radius 2 is 2.40 bits per heavy atom. The number of alkyl halides is 1. The van der Waals surface area contributed by atoms with Gasteiger partial charge in [0.2, 0.25) is 11.2 Å². The molecule has 1 unspecified atom stereocenters. The average molecular weight is 295 g/mol. The Bertz CT molecular complexity index is 417. The third kappa shape index (κ3) is 2.10. The zero-order valence-corrected chi connectivity index (χ0v) is 9.79. The predicted molar refractivity (Wildman–Crippen MR) is 56.7 cm³/mol. The molecule has 1 aromatic rings. The van der Waals surface area contributed by atoms with Crippen LogP contribution in [0.3, 0.4) is 0 Å². The lowest BCUT2D eigenvalue weighted by Gasteiger charge is -2.14. The maximum atomic E-state index is 13.3. The largest absolute Gasteiger partial charge is 0.293 e. The van der Waals surface area contributed by atoms with Crippen molar-refractivity contribution in [1.82, 2.24) is 9.97 Å². The molecule has 1 amide bonds. The molecule has 1 saturated heterocycles. The molecule has 0 spiro atoms. The van der Waals surface area contributed by atoms with Gasteiger partial charge >= 0.3 is 0 Å². The monoisotopic (exact) mass is 293 g/mol. The second-order valence-corrected chi connectivity index (χ2v) is 4.75. The van der Waals surface area contributed by atoms with Gasteiger partial charge in [-0.15, -0.1) is 0 Å². The van der Waals surface area contributed by atoms with E-state index in [-0.39, 0.29) is 21.8 Å². The second-order valence-electron chi connectivity index (χ2n) is 3.12. The highest BCUT2D eigenvalue weighted by Crippen LogP contribution is 2.25. The van der Waals surface area contributed by atoms with Gasteiger partial charge in [0.25, 0.3) is 0 Å². The van der Waals surface area contributed by atoms with Gasteiger partial charge in [0.15, 0.2) is 11.6 Å². The van der Waals surface area contributed by atoms with Crippen LogP contribution in [0, 0.1) is 5.82 Å². The molecule has 7 heteroatoms. The number of hydrogen-bond donors (Lipinski definition) is 0. The van der Waals surface area contributed by atoms with Crippen molar-refractivity contribution in [3.63, 3.8) is 0 Å². The Balaban J connectivity index is 2.37. The van der Waals surface area contributed by atoms with E-state index in [0.29, 0.717) is 13.0 Å². The van der Waals surface area contributed by atoms with Crippen molar-refractivity contribution in [2.45, 2.75) is 11.2 Å². The van der Waals surface area contributed by atoms with Crippen LogP contribution in [0.2, 0.25) is 5.28 Å². The summed E-state index contributed by atoms with van der Waals surface area (Å²) in [6.07, 6.45) is 1.29. The predicted octanol–water partition coefficient (Wildman–Crippen LogP) is 1.77. The maximum Gasteiger partial charge on any atom is 0.229 e. The van der Waals surface area contributed by atoms with E-state index in [1.165, 1.54) is 4.90 Å². The van der Waals surface area contributed by atoms with Gasteiger partial charge in [-0.2, -0.15) is 4.98 Å². The molecule has 80 valence electrons. The van der Waals surface area contributed by atoms with Crippen LogP contribution in [0.25, 0.3) is 0 Å². The van der Waals surface area contributed by atoms with Crippen molar-refractivity contribution in [2.75, 3.05) is 11.4 Å². The molecule has 0 saturated carbocycles. The summed E-state index contributed by atoms with van der Waals surface area (Å²) in [4.78, 5) is 20.0. The van der Waals surface area contributed by atoms with Gasteiger partial charge in [0, 0.05) is 17.8 Å². The molecule has 0 aromatic carbocycles. The van der Waals surface area contributed by atoms with Gasteiger partial charge in [0.1, 0.15) is 0 Å². The van der Waals surface area contributed by atoms with Crippen LogP contribution in [0.4, 0.5) is 10.2 Å². The maximum absolute atomic E-state index is 13.3. The molecule has 2 heterocycles. The Hall–Kier alpha value is -0.750. The molecule has 0 aliphatic carbocycles. The summed E-state index contributed by atoms with van der Waals surface area (Å²) in [6.45, 7) is 0.392. The van der Waals surface area contributed by atoms with E-state index < -0.39 is 5.82 Å². The minimum atomic E-state index is -0.644. The molecule has 1 fully saturated rings. The van der Waals surface area contributed by atoms with Gasteiger partial charge in [-0.3, -0.25) is 9.69 Å². The van der Waals surface area contributed by atoms with E-state index in [9.17, 15) is 9.18 Å². The summed E-state index contributed by atoms with van der Waals surface area (Å²) in [5, 5.41) is -0.0720. The zero-order chi connectivity index (χ0) is 11.0. The highest BCUT2D eigenvalue weighted by molar-refractivity contribution is 9.09. The van der Waals surface area contributed by atoms with Gasteiger partial charge < -0.3 is 0 Å². The molecule has 15 heavy (non-hydrogen) atoms. The Labute approximate surface area is 98.6 Å². The highest BCUT2D eigenvalue weighted by Gasteiger charge is 2.31. The van der Waals surface area contributed by atoms with Crippen molar-refractivity contribution in [1.29, 1.82) is 0 Å². The van der Waals surface area contributed by atoms with Gasteiger partial charge in [-0.05, 0) is 11.6 Å². The number of carbonyl (C=O) groups excluding carboxylic acids is 1. The van der Waals surface area contributed by atoms with Crippen LogP contribution in [-0.4, -0.2) is 27.2 Å². The molecule has 0 N–H and O–H groups in total. The number of rotatable bonds is 1. The first-order chi connectivity index (χ1) is 7.08. The van der Waals surface area contributed by atoms with E-state index in [2.05, 4.69) is 25.9 Å². The number of halogens is 3. The van der Waals surface area contributed by atoms with Gasteiger partial charge in [0.05, 0.1) is 6.20 Å². The SMILES string of the molecule is O=C1CC(Br)CN1c1nc(Cl)ncc1F. The molecule has 1 aliphatic heterocycles. The summed E-state index contributed by atoms with van der Waals surface area (Å²) >= 11 is 8.84. The van der Waals surface area contributed by atoms with E-state index in [1.54, 1.807) is 0 Å². The lowest BCUT2D eigenvalue weighted by Crippen LogP contribution is -2.26. The second kappa shape index (κ2) is 4.02. The van der Waals surface area contributed by atoms with Crippen LogP contribution in [0.15, 0.2) is 6.20 Å². The van der Waals surface area contributed by atoms with Crippen molar-refractivity contribution < 1.29 is 9.18 Å². The Morgan fingerprint density at radius 3 is 3.00 bits per heavy atom. The van der Waals surface area contributed by atoms with Crippen LogP contribution in [0.1, 0.15) is 6.42 Å². The van der Waals surface area contributed by atoms with Crippen LogP contribution < -0.4 is 4.90 Å². The van der Waals surface area contributed by atoms with Crippen molar-refractivity contribution in [3.8, 4) is 0 Å². The fraction of sp³-hybridized carbons (Fsp3) is 0.375. The van der Waals surface area contributed by atoms with Gasteiger partial charge in [-0.1, -0.05) is 15.9 Å². The molecule has 1 aliphatic rings. The first-order valence-electron chi connectivity index (χ1n) is 4.20. The number of anilines is 1. The third-order valence-corrected chi connectivity index (χ3v) is 2.83. The van der Waals surface area contributed by atoms with Gasteiger partial charge in [-0.25, -0.2) is 9.37 Å². The molecule has 0 radical (unpaired) electrons.